The second kappa shape index (κ2) is 4.80. The van der Waals surface area contributed by atoms with Gasteiger partial charge in [-0.15, -0.1) is 0 Å². The number of aliphatic hydroxyl groups is 1. The van der Waals surface area contributed by atoms with E-state index in [4.69, 9.17) is 10.2 Å². The summed E-state index contributed by atoms with van der Waals surface area (Å²) in [5, 5.41) is 21.2. The van der Waals surface area contributed by atoms with Crippen molar-refractivity contribution in [2.45, 2.75) is 6.42 Å². The number of benzene rings is 1. The fourth-order valence-corrected chi connectivity index (χ4v) is 1.48. The molecule has 0 fully saturated rings. The third-order valence-corrected chi connectivity index (χ3v) is 2.37. The van der Waals surface area contributed by atoms with Crippen LogP contribution in [0, 0.1) is 0 Å². The van der Waals surface area contributed by atoms with E-state index < -0.39 is 5.97 Å². The molecule has 0 amide bonds. The van der Waals surface area contributed by atoms with Gasteiger partial charge in [-0.05, 0) is 12.0 Å². The van der Waals surface area contributed by atoms with Crippen molar-refractivity contribution in [1.82, 2.24) is 5.16 Å². The molecule has 0 spiro atoms. The number of aromatic nitrogens is 1. The summed E-state index contributed by atoms with van der Waals surface area (Å²) in [7, 11) is 0. The molecule has 1 heterocycles. The van der Waals surface area contributed by atoms with Gasteiger partial charge in [-0.25, -0.2) is 4.79 Å². The van der Waals surface area contributed by atoms with Crippen LogP contribution in [0.3, 0.4) is 0 Å². The van der Waals surface area contributed by atoms with Crippen LogP contribution < -0.4 is 0 Å². The first-order valence-electron chi connectivity index (χ1n) is 5.11. The summed E-state index contributed by atoms with van der Waals surface area (Å²) in [5.41, 5.74) is 2.28. The third kappa shape index (κ3) is 2.51. The lowest BCUT2D eigenvalue weighted by molar-refractivity contribution is 0.0652. The van der Waals surface area contributed by atoms with E-state index in [0.717, 1.165) is 11.1 Å². The first-order chi connectivity index (χ1) is 8.20. The van der Waals surface area contributed by atoms with Crippen molar-refractivity contribution < 1.29 is 19.5 Å². The van der Waals surface area contributed by atoms with E-state index in [0.29, 0.717) is 12.1 Å². The molecule has 0 saturated carbocycles. The van der Waals surface area contributed by atoms with Gasteiger partial charge in [0.25, 0.3) is 0 Å². The van der Waals surface area contributed by atoms with Gasteiger partial charge >= 0.3 is 5.97 Å². The summed E-state index contributed by atoms with van der Waals surface area (Å²) in [5.74, 6) is -1.32. The van der Waals surface area contributed by atoms with E-state index >= 15 is 0 Å². The summed E-state index contributed by atoms with van der Waals surface area (Å²) in [6.45, 7) is 0.104. The number of aliphatic hydroxyl groups excluding tert-OH is 1. The Kier molecular flexibility index (Phi) is 3.20. The molecule has 88 valence electrons. The standard InChI is InChI=1S/C12H11NO4/c14-6-5-8-1-3-9(4-2-8)10-7-11(12(15)16)17-13-10/h1-4,7,14H,5-6H2,(H,15,16). The average Bonchev–Trinajstić information content (AvgIpc) is 2.80. The number of carbonyl (C=O) groups is 1. The van der Waals surface area contributed by atoms with Crippen LogP contribution in [0.1, 0.15) is 16.1 Å². The summed E-state index contributed by atoms with van der Waals surface area (Å²) in [4.78, 5) is 10.6. The zero-order valence-electron chi connectivity index (χ0n) is 8.96. The second-order valence-electron chi connectivity index (χ2n) is 3.55. The molecule has 0 aliphatic heterocycles. The Bertz CT molecular complexity index is 516. The summed E-state index contributed by atoms with van der Waals surface area (Å²) in [6, 6.07) is 8.73. The Hall–Kier alpha value is -2.14. The van der Waals surface area contributed by atoms with Crippen LogP contribution in [0.25, 0.3) is 11.3 Å². The molecule has 17 heavy (non-hydrogen) atoms. The molecule has 0 radical (unpaired) electrons. The Morgan fingerprint density at radius 3 is 2.53 bits per heavy atom. The summed E-state index contributed by atoms with van der Waals surface area (Å²) >= 11 is 0. The molecule has 0 aliphatic rings. The predicted molar refractivity (Wildman–Crippen MR) is 59.7 cm³/mol. The molecular weight excluding hydrogens is 222 g/mol. The molecule has 1 aromatic heterocycles. The molecule has 2 N–H and O–H groups in total. The van der Waals surface area contributed by atoms with Crippen LogP contribution in [0.15, 0.2) is 34.9 Å². The van der Waals surface area contributed by atoms with E-state index in [1.165, 1.54) is 6.07 Å². The Morgan fingerprint density at radius 1 is 1.29 bits per heavy atom. The van der Waals surface area contributed by atoms with E-state index in [1.54, 1.807) is 0 Å². The maximum Gasteiger partial charge on any atom is 0.374 e. The van der Waals surface area contributed by atoms with E-state index in [2.05, 4.69) is 9.68 Å². The van der Waals surface area contributed by atoms with Crippen molar-refractivity contribution in [3.8, 4) is 11.3 Å². The number of carboxylic acids is 1. The smallest absolute Gasteiger partial charge is 0.374 e. The third-order valence-electron chi connectivity index (χ3n) is 2.37. The van der Waals surface area contributed by atoms with Crippen LogP contribution in [0.5, 0.6) is 0 Å². The van der Waals surface area contributed by atoms with Crippen molar-refractivity contribution in [1.29, 1.82) is 0 Å². The number of hydrogen-bond donors (Lipinski definition) is 2. The van der Waals surface area contributed by atoms with Gasteiger partial charge in [-0.2, -0.15) is 0 Å². The Labute approximate surface area is 97.3 Å². The lowest BCUT2D eigenvalue weighted by Crippen LogP contribution is -1.91. The van der Waals surface area contributed by atoms with Crippen molar-refractivity contribution in [3.05, 3.63) is 41.7 Å². The number of nitrogens with zero attached hydrogens (tertiary/aromatic N) is 1. The molecule has 2 aromatic rings. The maximum atomic E-state index is 10.6. The van der Waals surface area contributed by atoms with Crippen molar-refractivity contribution in [2.24, 2.45) is 0 Å². The molecule has 2 rings (SSSR count). The van der Waals surface area contributed by atoms with Gasteiger partial charge in [-0.1, -0.05) is 29.4 Å². The topological polar surface area (TPSA) is 83.6 Å². The van der Waals surface area contributed by atoms with Crippen molar-refractivity contribution >= 4 is 5.97 Å². The van der Waals surface area contributed by atoms with Gasteiger partial charge in [0.05, 0.1) is 0 Å². The van der Waals surface area contributed by atoms with Crippen LogP contribution in [-0.4, -0.2) is 27.9 Å². The van der Waals surface area contributed by atoms with Crippen LogP contribution in [-0.2, 0) is 6.42 Å². The first-order valence-corrected chi connectivity index (χ1v) is 5.11. The molecule has 0 saturated heterocycles. The maximum absolute atomic E-state index is 10.6. The fourth-order valence-electron chi connectivity index (χ4n) is 1.48. The molecule has 1 aromatic carbocycles. The Balaban J connectivity index is 2.23. The second-order valence-corrected chi connectivity index (χ2v) is 3.55. The highest BCUT2D eigenvalue weighted by Crippen LogP contribution is 2.19. The minimum atomic E-state index is -1.14. The quantitative estimate of drug-likeness (QED) is 0.837. The van der Waals surface area contributed by atoms with Gasteiger partial charge in [-0.3, -0.25) is 0 Å². The van der Waals surface area contributed by atoms with Gasteiger partial charge in [0.15, 0.2) is 0 Å². The van der Waals surface area contributed by atoms with Gasteiger partial charge in [0.2, 0.25) is 5.76 Å². The zero-order valence-corrected chi connectivity index (χ0v) is 8.96. The van der Waals surface area contributed by atoms with Crippen molar-refractivity contribution in [3.63, 3.8) is 0 Å². The zero-order chi connectivity index (χ0) is 12.3. The minimum absolute atomic E-state index is 0.104. The minimum Gasteiger partial charge on any atom is -0.475 e. The normalized spacial score (nSPS) is 10.4. The highest BCUT2D eigenvalue weighted by molar-refractivity contribution is 5.85. The van der Waals surface area contributed by atoms with Gasteiger partial charge in [0, 0.05) is 18.2 Å². The first kappa shape index (κ1) is 11.3. The largest absolute Gasteiger partial charge is 0.475 e. The number of hydrogen-bond acceptors (Lipinski definition) is 4. The van der Waals surface area contributed by atoms with Crippen LogP contribution in [0.2, 0.25) is 0 Å². The number of carboxylic acid groups (broad SMARTS) is 1. The molecule has 5 nitrogen and oxygen atoms in total. The molecule has 0 aliphatic carbocycles. The molecule has 0 bridgehead atoms. The highest BCUT2D eigenvalue weighted by Gasteiger charge is 2.11. The van der Waals surface area contributed by atoms with Crippen LogP contribution in [0.4, 0.5) is 0 Å². The fraction of sp³-hybridized carbons (Fsp3) is 0.167. The lowest BCUT2D eigenvalue weighted by atomic mass is 10.1. The van der Waals surface area contributed by atoms with Crippen molar-refractivity contribution in [2.75, 3.05) is 6.61 Å². The lowest BCUT2D eigenvalue weighted by Gasteiger charge is -1.99. The van der Waals surface area contributed by atoms with Gasteiger partial charge in [0.1, 0.15) is 5.69 Å². The van der Waals surface area contributed by atoms with E-state index in [-0.39, 0.29) is 12.4 Å². The molecule has 5 heteroatoms. The summed E-state index contributed by atoms with van der Waals surface area (Å²) < 4.78 is 4.67. The predicted octanol–water partition coefficient (Wildman–Crippen LogP) is 1.57. The molecule has 0 atom stereocenters. The average molecular weight is 233 g/mol. The van der Waals surface area contributed by atoms with Crippen LogP contribution >= 0.6 is 0 Å². The highest BCUT2D eigenvalue weighted by atomic mass is 16.5. The summed E-state index contributed by atoms with van der Waals surface area (Å²) in [6.07, 6.45) is 0.597. The van der Waals surface area contributed by atoms with E-state index in [1.807, 2.05) is 24.3 Å². The monoisotopic (exact) mass is 233 g/mol. The SMILES string of the molecule is O=C(O)c1cc(-c2ccc(CCO)cc2)no1. The number of aromatic carboxylic acids is 1. The Morgan fingerprint density at radius 2 is 2.00 bits per heavy atom. The number of rotatable bonds is 4. The van der Waals surface area contributed by atoms with Gasteiger partial charge < -0.3 is 14.7 Å². The molecular formula is C12H11NO4. The molecule has 0 unspecified atom stereocenters. The van der Waals surface area contributed by atoms with E-state index in [9.17, 15) is 4.79 Å².